The minimum absolute atomic E-state index is 0.282. The first-order valence-corrected chi connectivity index (χ1v) is 7.81. The maximum atomic E-state index is 6.34. The van der Waals surface area contributed by atoms with E-state index in [0.29, 0.717) is 10.8 Å². The van der Waals surface area contributed by atoms with Crippen molar-refractivity contribution in [3.8, 4) is 11.5 Å². The molecule has 112 valence electrons. The molecule has 2 aromatic carbocycles. The van der Waals surface area contributed by atoms with Crippen LogP contribution in [0.25, 0.3) is 0 Å². The summed E-state index contributed by atoms with van der Waals surface area (Å²) < 4.78 is 5.89. The van der Waals surface area contributed by atoms with E-state index in [9.17, 15) is 0 Å². The summed E-state index contributed by atoms with van der Waals surface area (Å²) in [6, 6.07) is 14.3. The van der Waals surface area contributed by atoms with E-state index in [4.69, 9.17) is 16.3 Å². The Bertz CT molecular complexity index is 598. The van der Waals surface area contributed by atoms with Crippen LogP contribution >= 0.6 is 11.6 Å². The molecule has 3 heteroatoms. The zero-order valence-corrected chi connectivity index (χ0v) is 13.6. The average Bonchev–Trinajstić information content (AvgIpc) is 2.49. The number of ether oxygens (including phenoxy) is 1. The van der Waals surface area contributed by atoms with E-state index in [1.807, 2.05) is 30.3 Å². The molecule has 0 saturated heterocycles. The van der Waals surface area contributed by atoms with Crippen LogP contribution in [-0.2, 0) is 6.42 Å². The van der Waals surface area contributed by atoms with Crippen LogP contribution in [0.4, 0.5) is 0 Å². The quantitative estimate of drug-likeness (QED) is 0.775. The van der Waals surface area contributed by atoms with Crippen molar-refractivity contribution in [1.82, 2.24) is 5.32 Å². The van der Waals surface area contributed by atoms with Gasteiger partial charge >= 0.3 is 0 Å². The van der Waals surface area contributed by atoms with Gasteiger partial charge in [0.1, 0.15) is 11.5 Å². The first-order valence-electron chi connectivity index (χ1n) is 7.43. The third-order valence-electron chi connectivity index (χ3n) is 3.50. The van der Waals surface area contributed by atoms with Crippen molar-refractivity contribution < 1.29 is 4.74 Å². The van der Waals surface area contributed by atoms with Gasteiger partial charge in [-0.05, 0) is 55.3 Å². The van der Waals surface area contributed by atoms with Crippen molar-refractivity contribution in [2.75, 3.05) is 6.54 Å². The summed E-state index contributed by atoms with van der Waals surface area (Å²) in [6.07, 6.45) is 0.990. The Morgan fingerprint density at radius 2 is 1.95 bits per heavy atom. The lowest BCUT2D eigenvalue weighted by Gasteiger charge is -2.15. The summed E-state index contributed by atoms with van der Waals surface area (Å²) in [5.41, 5.74) is 2.41. The van der Waals surface area contributed by atoms with Crippen molar-refractivity contribution in [2.45, 2.75) is 33.2 Å². The van der Waals surface area contributed by atoms with Crippen LogP contribution in [-0.4, -0.2) is 6.54 Å². The van der Waals surface area contributed by atoms with Crippen molar-refractivity contribution in [3.05, 3.63) is 58.6 Å². The first kappa shape index (κ1) is 15.9. The van der Waals surface area contributed by atoms with Gasteiger partial charge < -0.3 is 10.1 Å². The predicted molar refractivity (Wildman–Crippen MR) is 89.4 cm³/mol. The van der Waals surface area contributed by atoms with Gasteiger partial charge in [-0.2, -0.15) is 0 Å². The summed E-state index contributed by atoms with van der Waals surface area (Å²) >= 11 is 6.34. The fourth-order valence-corrected chi connectivity index (χ4v) is 2.48. The highest BCUT2D eigenvalue weighted by molar-refractivity contribution is 6.32. The monoisotopic (exact) mass is 303 g/mol. The van der Waals surface area contributed by atoms with Gasteiger partial charge in [0.05, 0.1) is 5.02 Å². The molecule has 0 aromatic heterocycles. The standard InChI is InChI=1S/C18H22ClNO/c1-4-14-7-6-8-16(11-14)21-18-10-9-15(12-17(18)19)13(3)20-5-2/h6-13,20H,4-5H2,1-3H3. The topological polar surface area (TPSA) is 21.3 Å². The number of hydrogen-bond donors (Lipinski definition) is 1. The molecule has 21 heavy (non-hydrogen) atoms. The summed E-state index contributed by atoms with van der Waals surface area (Å²) in [4.78, 5) is 0. The predicted octanol–water partition coefficient (Wildman–Crippen LogP) is 5.37. The number of halogens is 1. The second-order valence-corrected chi connectivity index (χ2v) is 5.48. The van der Waals surface area contributed by atoms with E-state index >= 15 is 0 Å². The molecule has 0 aliphatic rings. The molecule has 2 rings (SSSR count). The Morgan fingerprint density at radius 1 is 1.14 bits per heavy atom. The van der Waals surface area contributed by atoms with Crippen molar-refractivity contribution in [2.24, 2.45) is 0 Å². The van der Waals surface area contributed by atoms with Gasteiger partial charge in [0.2, 0.25) is 0 Å². The van der Waals surface area contributed by atoms with E-state index in [-0.39, 0.29) is 6.04 Å². The van der Waals surface area contributed by atoms with Crippen LogP contribution in [0.15, 0.2) is 42.5 Å². The Kier molecular flexibility index (Phi) is 5.66. The molecule has 0 bridgehead atoms. The van der Waals surface area contributed by atoms with Gasteiger partial charge in [-0.3, -0.25) is 0 Å². The molecule has 0 saturated carbocycles. The van der Waals surface area contributed by atoms with Crippen molar-refractivity contribution in [3.63, 3.8) is 0 Å². The molecule has 2 aromatic rings. The minimum Gasteiger partial charge on any atom is -0.456 e. The third-order valence-corrected chi connectivity index (χ3v) is 3.80. The van der Waals surface area contributed by atoms with Gasteiger partial charge in [0, 0.05) is 6.04 Å². The highest BCUT2D eigenvalue weighted by Crippen LogP contribution is 2.32. The molecule has 0 fully saturated rings. The maximum absolute atomic E-state index is 6.34. The molecule has 0 spiro atoms. The minimum atomic E-state index is 0.282. The Labute approximate surface area is 132 Å². The zero-order chi connectivity index (χ0) is 15.2. The van der Waals surface area contributed by atoms with E-state index in [1.54, 1.807) is 0 Å². The second kappa shape index (κ2) is 7.48. The fraction of sp³-hybridized carbons (Fsp3) is 0.333. The summed E-state index contributed by atoms with van der Waals surface area (Å²) in [5, 5.41) is 4.01. The van der Waals surface area contributed by atoms with Gasteiger partial charge in [0.15, 0.2) is 0 Å². The van der Waals surface area contributed by atoms with Crippen LogP contribution in [0, 0.1) is 0 Å². The number of nitrogens with one attached hydrogen (secondary N) is 1. The van der Waals surface area contributed by atoms with Gasteiger partial charge in [-0.1, -0.05) is 43.6 Å². The second-order valence-electron chi connectivity index (χ2n) is 5.07. The molecule has 2 nitrogen and oxygen atoms in total. The van der Waals surface area contributed by atoms with Crippen molar-refractivity contribution in [1.29, 1.82) is 0 Å². The Balaban J connectivity index is 2.17. The van der Waals surface area contributed by atoms with Crippen LogP contribution < -0.4 is 10.1 Å². The Morgan fingerprint density at radius 3 is 2.62 bits per heavy atom. The van der Waals surface area contributed by atoms with Gasteiger partial charge in [-0.25, -0.2) is 0 Å². The summed E-state index contributed by atoms with van der Waals surface area (Å²) in [6.45, 7) is 7.28. The van der Waals surface area contributed by atoms with E-state index < -0.39 is 0 Å². The molecule has 0 heterocycles. The molecule has 0 radical (unpaired) electrons. The van der Waals surface area contributed by atoms with Gasteiger partial charge in [0.25, 0.3) is 0 Å². The fourth-order valence-electron chi connectivity index (χ4n) is 2.25. The number of rotatable bonds is 6. The average molecular weight is 304 g/mol. The molecule has 1 atom stereocenters. The largest absolute Gasteiger partial charge is 0.456 e. The van der Waals surface area contributed by atoms with Crippen LogP contribution in [0.1, 0.15) is 37.9 Å². The number of aryl methyl sites for hydroxylation is 1. The Hall–Kier alpha value is -1.51. The molecule has 0 aliphatic carbocycles. The van der Waals surface area contributed by atoms with Gasteiger partial charge in [-0.15, -0.1) is 0 Å². The number of hydrogen-bond acceptors (Lipinski definition) is 2. The smallest absolute Gasteiger partial charge is 0.146 e. The lowest BCUT2D eigenvalue weighted by molar-refractivity contribution is 0.481. The van der Waals surface area contributed by atoms with Crippen LogP contribution in [0.5, 0.6) is 11.5 Å². The van der Waals surface area contributed by atoms with E-state index in [1.165, 1.54) is 5.56 Å². The molecule has 0 aliphatic heterocycles. The van der Waals surface area contributed by atoms with Crippen LogP contribution in [0.3, 0.4) is 0 Å². The third kappa shape index (κ3) is 4.23. The highest BCUT2D eigenvalue weighted by Gasteiger charge is 2.09. The van der Waals surface area contributed by atoms with Crippen molar-refractivity contribution >= 4 is 11.6 Å². The molecular formula is C18H22ClNO. The molecule has 1 N–H and O–H groups in total. The maximum Gasteiger partial charge on any atom is 0.146 e. The SMILES string of the molecule is CCNC(C)c1ccc(Oc2cccc(CC)c2)c(Cl)c1. The first-order chi connectivity index (χ1) is 10.1. The lowest BCUT2D eigenvalue weighted by atomic mass is 10.1. The highest BCUT2D eigenvalue weighted by atomic mass is 35.5. The van der Waals surface area contributed by atoms with Crippen LogP contribution in [0.2, 0.25) is 5.02 Å². The van der Waals surface area contributed by atoms with E-state index in [0.717, 1.165) is 24.3 Å². The molecular weight excluding hydrogens is 282 g/mol. The molecule has 0 amide bonds. The normalized spacial score (nSPS) is 12.2. The van der Waals surface area contributed by atoms with E-state index in [2.05, 4.69) is 38.2 Å². The summed E-state index contributed by atoms with van der Waals surface area (Å²) in [5.74, 6) is 1.51. The zero-order valence-electron chi connectivity index (χ0n) is 12.8. The molecule has 1 unspecified atom stereocenters. The summed E-state index contributed by atoms with van der Waals surface area (Å²) in [7, 11) is 0. The lowest BCUT2D eigenvalue weighted by Crippen LogP contribution is -2.17. The number of benzene rings is 2.